The van der Waals surface area contributed by atoms with Crippen LogP contribution in [0, 0.1) is 11.8 Å². The Morgan fingerprint density at radius 1 is 1.17 bits per heavy atom. The van der Waals surface area contributed by atoms with Crippen molar-refractivity contribution >= 4 is 12.0 Å². The summed E-state index contributed by atoms with van der Waals surface area (Å²) in [5, 5.41) is 2.97. The molecule has 2 amide bonds. The number of ether oxygens (including phenoxy) is 1. The Morgan fingerprint density at radius 3 is 2.43 bits per heavy atom. The fourth-order valence-corrected chi connectivity index (χ4v) is 3.35. The Kier molecular flexibility index (Phi) is 5.93. The van der Waals surface area contributed by atoms with Gasteiger partial charge in [-0.2, -0.15) is 0 Å². The van der Waals surface area contributed by atoms with E-state index in [-0.39, 0.29) is 18.0 Å². The van der Waals surface area contributed by atoms with E-state index in [1.807, 2.05) is 32.6 Å². The summed E-state index contributed by atoms with van der Waals surface area (Å²) in [4.78, 5) is 26.3. The molecule has 0 radical (unpaired) electrons. The van der Waals surface area contributed by atoms with Crippen molar-refractivity contribution in [2.45, 2.75) is 77.9 Å². The van der Waals surface area contributed by atoms with Crippen LogP contribution in [-0.2, 0) is 9.53 Å². The molecule has 1 saturated carbocycles. The Labute approximate surface area is 140 Å². The predicted molar refractivity (Wildman–Crippen MR) is 90.1 cm³/mol. The number of carbonyl (C=O) groups is 2. The maximum Gasteiger partial charge on any atom is 0.407 e. The summed E-state index contributed by atoms with van der Waals surface area (Å²) in [7, 11) is 0. The highest BCUT2D eigenvalue weighted by Crippen LogP contribution is 2.37. The summed E-state index contributed by atoms with van der Waals surface area (Å²) in [5.41, 5.74) is -0.496. The molecule has 2 unspecified atom stereocenters. The molecule has 132 valence electrons. The Hall–Kier alpha value is -1.26. The molecule has 5 nitrogen and oxygen atoms in total. The average Bonchev–Trinajstić information content (AvgIpc) is 3.20. The van der Waals surface area contributed by atoms with E-state index in [1.54, 1.807) is 0 Å². The van der Waals surface area contributed by atoms with Gasteiger partial charge in [-0.05, 0) is 51.9 Å². The number of piperidine rings is 1. The molecule has 1 aliphatic heterocycles. The van der Waals surface area contributed by atoms with Crippen molar-refractivity contribution in [1.82, 2.24) is 10.2 Å². The second kappa shape index (κ2) is 7.54. The van der Waals surface area contributed by atoms with Crippen LogP contribution in [0.1, 0.15) is 66.2 Å². The number of alkyl carbamates (subject to hydrolysis) is 1. The van der Waals surface area contributed by atoms with Crippen LogP contribution in [0.25, 0.3) is 0 Å². The number of nitrogens with zero attached hydrogens (tertiary/aromatic N) is 1. The minimum atomic E-state index is -0.496. The van der Waals surface area contributed by atoms with Gasteiger partial charge >= 0.3 is 6.09 Å². The number of likely N-dealkylation sites (tertiary alicyclic amines) is 1. The Morgan fingerprint density at radius 2 is 1.87 bits per heavy atom. The van der Waals surface area contributed by atoms with Crippen LogP contribution in [0.3, 0.4) is 0 Å². The first-order valence-electron chi connectivity index (χ1n) is 9.04. The van der Waals surface area contributed by atoms with Crippen molar-refractivity contribution in [1.29, 1.82) is 0 Å². The highest BCUT2D eigenvalue weighted by atomic mass is 16.6. The number of carbonyl (C=O) groups excluding carboxylic acids is 2. The van der Waals surface area contributed by atoms with Gasteiger partial charge in [-0.1, -0.05) is 19.8 Å². The normalized spacial score (nSPS) is 25.1. The second-order valence-electron chi connectivity index (χ2n) is 8.17. The molecule has 2 aliphatic rings. The summed E-state index contributed by atoms with van der Waals surface area (Å²) in [6.07, 6.45) is 5.86. The summed E-state index contributed by atoms with van der Waals surface area (Å²) >= 11 is 0. The van der Waals surface area contributed by atoms with E-state index in [1.165, 1.54) is 19.3 Å². The number of amides is 2. The lowest BCUT2D eigenvalue weighted by atomic mass is 9.89. The van der Waals surface area contributed by atoms with Crippen molar-refractivity contribution in [3.05, 3.63) is 0 Å². The molecule has 2 rings (SSSR count). The molecule has 0 bridgehead atoms. The zero-order valence-electron chi connectivity index (χ0n) is 15.1. The summed E-state index contributed by atoms with van der Waals surface area (Å²) in [5.74, 6) is 1.55. The van der Waals surface area contributed by atoms with E-state index in [2.05, 4.69) is 5.32 Å². The highest BCUT2D eigenvalue weighted by molar-refractivity contribution is 5.76. The minimum absolute atomic E-state index is 0.00292. The third kappa shape index (κ3) is 6.40. The fourth-order valence-electron chi connectivity index (χ4n) is 3.35. The van der Waals surface area contributed by atoms with Crippen LogP contribution in [-0.4, -0.2) is 41.6 Å². The van der Waals surface area contributed by atoms with E-state index in [9.17, 15) is 9.59 Å². The average molecular weight is 324 g/mol. The maximum atomic E-state index is 12.3. The van der Waals surface area contributed by atoms with E-state index in [4.69, 9.17) is 4.74 Å². The number of rotatable bonds is 5. The zero-order chi connectivity index (χ0) is 17.0. The summed E-state index contributed by atoms with van der Waals surface area (Å²) < 4.78 is 5.36. The lowest BCUT2D eigenvalue weighted by Crippen LogP contribution is -2.53. The molecular formula is C18H32N2O3. The Balaban J connectivity index is 1.93. The molecule has 5 heteroatoms. The first-order chi connectivity index (χ1) is 10.8. The zero-order valence-corrected chi connectivity index (χ0v) is 15.1. The smallest absolute Gasteiger partial charge is 0.407 e. The molecule has 1 saturated heterocycles. The lowest BCUT2D eigenvalue weighted by Gasteiger charge is -2.38. The van der Waals surface area contributed by atoms with E-state index < -0.39 is 5.60 Å². The van der Waals surface area contributed by atoms with Crippen molar-refractivity contribution in [2.75, 3.05) is 13.1 Å². The van der Waals surface area contributed by atoms with Crippen LogP contribution in [0.5, 0.6) is 0 Å². The van der Waals surface area contributed by atoms with Crippen LogP contribution >= 0.6 is 0 Å². The summed E-state index contributed by atoms with van der Waals surface area (Å²) in [6, 6.07) is 0.00292. The first-order valence-corrected chi connectivity index (χ1v) is 9.04. The van der Waals surface area contributed by atoms with Gasteiger partial charge in [0.25, 0.3) is 0 Å². The number of hydrogen-bond donors (Lipinski definition) is 1. The molecule has 1 aliphatic carbocycles. The van der Waals surface area contributed by atoms with E-state index in [0.717, 1.165) is 25.3 Å². The van der Waals surface area contributed by atoms with Gasteiger partial charge in [-0.3, -0.25) is 4.79 Å². The molecule has 1 heterocycles. The second-order valence-corrected chi connectivity index (χ2v) is 8.17. The van der Waals surface area contributed by atoms with Crippen molar-refractivity contribution in [3.8, 4) is 0 Å². The van der Waals surface area contributed by atoms with Gasteiger partial charge in [0.15, 0.2) is 0 Å². The van der Waals surface area contributed by atoms with Crippen molar-refractivity contribution < 1.29 is 14.3 Å². The van der Waals surface area contributed by atoms with Crippen molar-refractivity contribution in [3.63, 3.8) is 0 Å². The van der Waals surface area contributed by atoms with E-state index >= 15 is 0 Å². The maximum absolute atomic E-state index is 12.3. The fraction of sp³-hybridized carbons (Fsp3) is 0.889. The molecular weight excluding hydrogens is 292 g/mol. The molecule has 0 aromatic carbocycles. The van der Waals surface area contributed by atoms with E-state index in [0.29, 0.717) is 18.9 Å². The van der Waals surface area contributed by atoms with Gasteiger partial charge in [0.05, 0.1) is 6.04 Å². The monoisotopic (exact) mass is 324 g/mol. The molecule has 2 fully saturated rings. The van der Waals surface area contributed by atoms with Crippen LogP contribution in [0.4, 0.5) is 4.79 Å². The molecule has 2 atom stereocenters. The van der Waals surface area contributed by atoms with Gasteiger partial charge in [-0.15, -0.1) is 0 Å². The molecule has 0 aromatic rings. The van der Waals surface area contributed by atoms with Gasteiger partial charge in [0.2, 0.25) is 5.91 Å². The van der Waals surface area contributed by atoms with Gasteiger partial charge in [-0.25, -0.2) is 4.79 Å². The third-order valence-electron chi connectivity index (χ3n) is 4.44. The molecule has 1 N–H and O–H groups in total. The number of nitrogens with one attached hydrogen (secondary N) is 1. The molecule has 0 aromatic heterocycles. The van der Waals surface area contributed by atoms with Gasteiger partial charge < -0.3 is 15.0 Å². The largest absolute Gasteiger partial charge is 0.444 e. The van der Waals surface area contributed by atoms with Gasteiger partial charge in [0.1, 0.15) is 5.60 Å². The topological polar surface area (TPSA) is 58.6 Å². The molecule has 23 heavy (non-hydrogen) atoms. The molecule has 0 spiro atoms. The predicted octanol–water partition coefficient (Wildman–Crippen LogP) is 3.33. The minimum Gasteiger partial charge on any atom is -0.444 e. The van der Waals surface area contributed by atoms with Crippen molar-refractivity contribution in [2.24, 2.45) is 11.8 Å². The lowest BCUT2D eigenvalue weighted by molar-refractivity contribution is -0.133. The number of hydrogen-bond acceptors (Lipinski definition) is 3. The summed E-state index contributed by atoms with van der Waals surface area (Å²) in [6.45, 7) is 9.07. The van der Waals surface area contributed by atoms with Crippen LogP contribution < -0.4 is 5.32 Å². The van der Waals surface area contributed by atoms with Crippen LogP contribution in [0.15, 0.2) is 0 Å². The van der Waals surface area contributed by atoms with Crippen LogP contribution in [0.2, 0.25) is 0 Å². The SMILES string of the molecule is CCCC(=O)N1CC(CC2CC2)CC(NC(=O)OC(C)(C)C)C1. The standard InChI is InChI=1S/C18H32N2O3/c1-5-6-16(21)20-11-14(9-13-7-8-13)10-15(12-20)19-17(22)23-18(2,3)4/h13-15H,5-12H2,1-4H3,(H,19,22). The van der Waals surface area contributed by atoms with Gasteiger partial charge in [0, 0.05) is 19.5 Å². The first kappa shape index (κ1) is 18.1. The quantitative estimate of drug-likeness (QED) is 0.844. The Bertz CT molecular complexity index is 426. The third-order valence-corrected chi connectivity index (χ3v) is 4.44. The highest BCUT2D eigenvalue weighted by Gasteiger charge is 2.34.